The molecule has 110 valence electrons. The molecule has 0 aliphatic heterocycles. The van der Waals surface area contributed by atoms with Crippen LogP contribution >= 0.6 is 0 Å². The van der Waals surface area contributed by atoms with Gasteiger partial charge in [0.05, 0.1) is 13.7 Å². The Balaban J connectivity index is 2.19. The van der Waals surface area contributed by atoms with E-state index in [4.69, 9.17) is 4.74 Å². The second-order valence-electron chi connectivity index (χ2n) is 5.49. The largest absolute Gasteiger partial charge is 0.496 e. The molecule has 4 heteroatoms. The van der Waals surface area contributed by atoms with Gasteiger partial charge in [-0.3, -0.25) is 4.79 Å². The Hall–Kier alpha value is -1.55. The van der Waals surface area contributed by atoms with Crippen LogP contribution < -0.4 is 15.4 Å². The number of methoxy groups -OCH3 is 1. The zero-order valence-electron chi connectivity index (χ0n) is 12.4. The van der Waals surface area contributed by atoms with E-state index >= 15 is 0 Å². The lowest BCUT2D eigenvalue weighted by atomic mass is 9.78. The van der Waals surface area contributed by atoms with Gasteiger partial charge in [0.25, 0.3) is 0 Å². The van der Waals surface area contributed by atoms with Gasteiger partial charge >= 0.3 is 0 Å². The van der Waals surface area contributed by atoms with Crippen molar-refractivity contribution in [1.82, 2.24) is 10.6 Å². The van der Waals surface area contributed by atoms with Crippen molar-refractivity contribution in [3.05, 3.63) is 29.8 Å². The summed E-state index contributed by atoms with van der Waals surface area (Å²) in [5, 5.41) is 5.94. The molecular weight excluding hydrogens is 252 g/mol. The standard InChI is InChI=1S/C16H24N2O2/c1-17-11-15(19)18-12-16(9-5-6-10-16)13-7-3-4-8-14(13)20-2/h3-4,7-8,17H,5-6,9-12H2,1-2H3,(H,18,19). The monoisotopic (exact) mass is 276 g/mol. The Labute approximate surface area is 120 Å². The minimum absolute atomic E-state index is 0.0238. The quantitative estimate of drug-likeness (QED) is 0.833. The lowest BCUT2D eigenvalue weighted by molar-refractivity contribution is -0.120. The first-order valence-corrected chi connectivity index (χ1v) is 7.27. The number of ether oxygens (including phenoxy) is 1. The molecule has 0 heterocycles. The SMILES string of the molecule is CNCC(=O)NCC1(c2ccccc2OC)CCCC1. The number of benzene rings is 1. The molecule has 4 nitrogen and oxygen atoms in total. The van der Waals surface area contributed by atoms with E-state index in [0.717, 1.165) is 18.6 Å². The highest BCUT2D eigenvalue weighted by Crippen LogP contribution is 2.44. The molecule has 0 radical (unpaired) electrons. The van der Waals surface area contributed by atoms with Gasteiger partial charge in [0.15, 0.2) is 0 Å². The summed E-state index contributed by atoms with van der Waals surface area (Å²) < 4.78 is 5.51. The van der Waals surface area contributed by atoms with Crippen LogP contribution in [-0.2, 0) is 10.2 Å². The zero-order valence-corrected chi connectivity index (χ0v) is 12.4. The first kappa shape index (κ1) is 14.9. The summed E-state index contributed by atoms with van der Waals surface area (Å²) >= 11 is 0. The van der Waals surface area contributed by atoms with Crippen LogP contribution in [0.1, 0.15) is 31.2 Å². The summed E-state index contributed by atoms with van der Waals surface area (Å²) in [6.07, 6.45) is 4.63. The summed E-state index contributed by atoms with van der Waals surface area (Å²) in [5.41, 5.74) is 1.25. The molecule has 1 fully saturated rings. The minimum Gasteiger partial charge on any atom is -0.496 e. The van der Waals surface area contributed by atoms with Gasteiger partial charge in [0.1, 0.15) is 5.75 Å². The van der Waals surface area contributed by atoms with Crippen molar-refractivity contribution in [3.63, 3.8) is 0 Å². The van der Waals surface area contributed by atoms with Crippen molar-refractivity contribution in [3.8, 4) is 5.75 Å². The predicted octanol–water partition coefficient (Wildman–Crippen LogP) is 1.84. The molecule has 20 heavy (non-hydrogen) atoms. The molecule has 1 aromatic rings. The van der Waals surface area contributed by atoms with E-state index in [9.17, 15) is 4.79 Å². The number of hydrogen-bond donors (Lipinski definition) is 2. The van der Waals surface area contributed by atoms with Gasteiger partial charge in [-0.15, -0.1) is 0 Å². The smallest absolute Gasteiger partial charge is 0.233 e. The molecule has 0 spiro atoms. The van der Waals surface area contributed by atoms with Gasteiger partial charge < -0.3 is 15.4 Å². The Morgan fingerprint density at radius 2 is 2.00 bits per heavy atom. The average Bonchev–Trinajstić information content (AvgIpc) is 2.95. The summed E-state index contributed by atoms with van der Waals surface area (Å²) in [5.74, 6) is 0.978. The maximum absolute atomic E-state index is 11.7. The van der Waals surface area contributed by atoms with Crippen molar-refractivity contribution < 1.29 is 9.53 Å². The van der Waals surface area contributed by atoms with Crippen LogP contribution in [-0.4, -0.2) is 33.2 Å². The number of para-hydroxylation sites is 1. The summed E-state index contributed by atoms with van der Waals surface area (Å²) in [7, 11) is 3.49. The molecule has 1 aliphatic rings. The third-order valence-corrected chi connectivity index (χ3v) is 4.20. The van der Waals surface area contributed by atoms with Gasteiger partial charge in [-0.1, -0.05) is 31.0 Å². The number of carbonyl (C=O) groups is 1. The van der Waals surface area contributed by atoms with E-state index in [2.05, 4.69) is 16.7 Å². The van der Waals surface area contributed by atoms with Crippen molar-refractivity contribution in [2.45, 2.75) is 31.1 Å². The van der Waals surface area contributed by atoms with Gasteiger partial charge in [0.2, 0.25) is 5.91 Å². The normalized spacial score (nSPS) is 16.9. The fourth-order valence-electron chi connectivity index (χ4n) is 3.17. The van der Waals surface area contributed by atoms with Crippen molar-refractivity contribution in [2.24, 2.45) is 0 Å². The molecule has 2 rings (SSSR count). The molecule has 0 unspecified atom stereocenters. The van der Waals surface area contributed by atoms with Crippen LogP contribution in [0.4, 0.5) is 0 Å². The Morgan fingerprint density at radius 1 is 1.30 bits per heavy atom. The number of carbonyl (C=O) groups excluding carboxylic acids is 1. The van der Waals surface area contributed by atoms with Gasteiger partial charge in [-0.2, -0.15) is 0 Å². The van der Waals surface area contributed by atoms with E-state index in [1.165, 1.54) is 18.4 Å². The summed E-state index contributed by atoms with van der Waals surface area (Å²) in [4.78, 5) is 11.7. The lowest BCUT2D eigenvalue weighted by Crippen LogP contribution is -2.42. The van der Waals surface area contributed by atoms with Crippen LogP contribution in [0.5, 0.6) is 5.75 Å². The highest BCUT2D eigenvalue weighted by Gasteiger charge is 2.37. The van der Waals surface area contributed by atoms with Gasteiger partial charge in [-0.05, 0) is 26.0 Å². The lowest BCUT2D eigenvalue weighted by Gasteiger charge is -2.31. The molecular formula is C16H24N2O2. The Bertz CT molecular complexity index is 454. The van der Waals surface area contributed by atoms with E-state index in [-0.39, 0.29) is 11.3 Å². The van der Waals surface area contributed by atoms with Crippen LogP contribution in [0, 0.1) is 0 Å². The maximum atomic E-state index is 11.7. The van der Waals surface area contributed by atoms with Crippen LogP contribution in [0.2, 0.25) is 0 Å². The highest BCUT2D eigenvalue weighted by molar-refractivity contribution is 5.78. The van der Waals surface area contributed by atoms with E-state index in [1.807, 2.05) is 18.2 Å². The number of likely N-dealkylation sites (N-methyl/N-ethyl adjacent to an activating group) is 1. The number of hydrogen-bond acceptors (Lipinski definition) is 3. The summed E-state index contributed by atoms with van der Waals surface area (Å²) in [6, 6.07) is 8.18. The Kier molecular flexibility index (Phi) is 5.01. The first-order chi connectivity index (χ1) is 9.72. The molecule has 0 aromatic heterocycles. The van der Waals surface area contributed by atoms with E-state index < -0.39 is 0 Å². The van der Waals surface area contributed by atoms with E-state index in [1.54, 1.807) is 14.2 Å². The molecule has 1 aliphatic carbocycles. The second kappa shape index (κ2) is 6.75. The van der Waals surface area contributed by atoms with Crippen LogP contribution in [0.25, 0.3) is 0 Å². The highest BCUT2D eigenvalue weighted by atomic mass is 16.5. The fraction of sp³-hybridized carbons (Fsp3) is 0.562. The zero-order chi connectivity index (χ0) is 14.4. The Morgan fingerprint density at radius 3 is 2.65 bits per heavy atom. The van der Waals surface area contributed by atoms with Crippen molar-refractivity contribution >= 4 is 5.91 Å². The molecule has 0 atom stereocenters. The average molecular weight is 276 g/mol. The third kappa shape index (κ3) is 3.12. The van der Waals surface area contributed by atoms with Gasteiger partial charge in [0, 0.05) is 17.5 Å². The van der Waals surface area contributed by atoms with E-state index in [0.29, 0.717) is 13.1 Å². The van der Waals surface area contributed by atoms with Crippen molar-refractivity contribution in [2.75, 3.05) is 27.2 Å². The molecule has 1 saturated carbocycles. The van der Waals surface area contributed by atoms with Crippen LogP contribution in [0.3, 0.4) is 0 Å². The van der Waals surface area contributed by atoms with Crippen molar-refractivity contribution in [1.29, 1.82) is 0 Å². The summed E-state index contributed by atoms with van der Waals surface area (Å²) in [6.45, 7) is 1.05. The third-order valence-electron chi connectivity index (χ3n) is 4.20. The maximum Gasteiger partial charge on any atom is 0.233 e. The van der Waals surface area contributed by atoms with Crippen LogP contribution in [0.15, 0.2) is 24.3 Å². The number of nitrogens with one attached hydrogen (secondary N) is 2. The molecule has 0 saturated heterocycles. The molecule has 1 amide bonds. The predicted molar refractivity (Wildman–Crippen MR) is 80.1 cm³/mol. The number of rotatable bonds is 6. The fourth-order valence-corrected chi connectivity index (χ4v) is 3.17. The topological polar surface area (TPSA) is 50.4 Å². The minimum atomic E-state index is 0.0238. The van der Waals surface area contributed by atoms with Gasteiger partial charge in [-0.25, -0.2) is 0 Å². The second-order valence-corrected chi connectivity index (χ2v) is 5.49. The first-order valence-electron chi connectivity index (χ1n) is 7.27. The molecule has 0 bridgehead atoms. The molecule has 2 N–H and O–H groups in total. The molecule has 1 aromatic carbocycles. The number of amides is 1.